The van der Waals surface area contributed by atoms with Crippen molar-refractivity contribution in [1.29, 1.82) is 0 Å². The molecule has 8 heteroatoms. The predicted octanol–water partition coefficient (Wildman–Crippen LogP) is 3.67. The van der Waals surface area contributed by atoms with Gasteiger partial charge in [0.15, 0.2) is 11.7 Å². The molecule has 2 rings (SSSR count). The van der Waals surface area contributed by atoms with Gasteiger partial charge in [0, 0.05) is 36.2 Å². The average molecular weight is 504 g/mol. The van der Waals surface area contributed by atoms with E-state index in [1.54, 1.807) is 7.05 Å². The monoisotopic (exact) mass is 504 g/mol. The van der Waals surface area contributed by atoms with Crippen molar-refractivity contribution in [2.24, 2.45) is 4.99 Å². The molecular formula is C19H29IN4O2S. The standard InChI is InChI=1S/C19H28N4O2S.HI/c1-4-15(5-2)18-13-16(25-23-18)14-22-19(20-3)21-11-12-26(24)17-9-7-6-8-10-17;/h6-10,13,15H,4-5,11-12,14H2,1-3H3,(H2,20,21,22);1H. The van der Waals surface area contributed by atoms with Gasteiger partial charge in [-0.3, -0.25) is 9.20 Å². The lowest BCUT2D eigenvalue weighted by Crippen LogP contribution is -2.38. The maximum Gasteiger partial charge on any atom is 0.191 e. The zero-order valence-electron chi connectivity index (χ0n) is 16.1. The molecule has 1 aromatic heterocycles. The van der Waals surface area contributed by atoms with E-state index in [2.05, 4.69) is 34.6 Å². The summed E-state index contributed by atoms with van der Waals surface area (Å²) in [6.45, 7) is 5.39. The largest absolute Gasteiger partial charge is 0.359 e. The van der Waals surface area contributed by atoms with Crippen molar-refractivity contribution in [3.05, 3.63) is 47.9 Å². The first-order chi connectivity index (χ1) is 12.7. The summed E-state index contributed by atoms with van der Waals surface area (Å²) in [5.41, 5.74) is 1.01. The fourth-order valence-corrected chi connectivity index (χ4v) is 3.64. The third-order valence-electron chi connectivity index (χ3n) is 4.22. The van der Waals surface area contributed by atoms with E-state index in [4.69, 9.17) is 4.52 Å². The Hall–Kier alpha value is -1.42. The Morgan fingerprint density at radius 1 is 1.22 bits per heavy atom. The van der Waals surface area contributed by atoms with Crippen LogP contribution in [0.2, 0.25) is 0 Å². The van der Waals surface area contributed by atoms with E-state index in [0.717, 1.165) is 29.2 Å². The highest BCUT2D eigenvalue weighted by Gasteiger charge is 2.13. The van der Waals surface area contributed by atoms with Gasteiger partial charge in [-0.05, 0) is 25.0 Å². The van der Waals surface area contributed by atoms with Crippen molar-refractivity contribution < 1.29 is 8.73 Å². The summed E-state index contributed by atoms with van der Waals surface area (Å²) >= 11 is 0. The Bertz CT molecular complexity index is 718. The molecule has 1 aromatic carbocycles. The van der Waals surface area contributed by atoms with Gasteiger partial charge < -0.3 is 15.2 Å². The van der Waals surface area contributed by atoms with Gasteiger partial charge >= 0.3 is 0 Å². The zero-order chi connectivity index (χ0) is 18.8. The summed E-state index contributed by atoms with van der Waals surface area (Å²) in [6.07, 6.45) is 2.11. The number of benzene rings is 1. The van der Waals surface area contributed by atoms with Gasteiger partial charge in [-0.1, -0.05) is 37.2 Å². The van der Waals surface area contributed by atoms with E-state index >= 15 is 0 Å². The Morgan fingerprint density at radius 2 is 1.93 bits per heavy atom. The normalized spacial score (nSPS) is 12.5. The number of nitrogens with one attached hydrogen (secondary N) is 2. The Kier molecular flexibility index (Phi) is 11.3. The summed E-state index contributed by atoms with van der Waals surface area (Å²) in [5.74, 6) is 2.39. The van der Waals surface area contributed by atoms with Gasteiger partial charge in [0.2, 0.25) is 0 Å². The molecule has 0 aliphatic carbocycles. The minimum absolute atomic E-state index is 0. The van der Waals surface area contributed by atoms with Crippen LogP contribution in [0.15, 0.2) is 50.8 Å². The molecular weight excluding hydrogens is 475 g/mol. The number of guanidine groups is 1. The highest BCUT2D eigenvalue weighted by molar-refractivity contribution is 14.0. The Balaban J connectivity index is 0.00000364. The number of hydrogen-bond donors (Lipinski definition) is 2. The first-order valence-electron chi connectivity index (χ1n) is 9.01. The summed E-state index contributed by atoms with van der Waals surface area (Å²) in [4.78, 5) is 5.02. The van der Waals surface area contributed by atoms with Crippen molar-refractivity contribution in [2.75, 3.05) is 19.3 Å². The molecule has 1 atom stereocenters. The van der Waals surface area contributed by atoms with Crippen molar-refractivity contribution in [3.63, 3.8) is 0 Å². The van der Waals surface area contributed by atoms with Gasteiger partial charge in [0.1, 0.15) is 0 Å². The van der Waals surface area contributed by atoms with Crippen molar-refractivity contribution >= 4 is 40.7 Å². The average Bonchev–Trinajstić information content (AvgIpc) is 3.14. The summed E-state index contributed by atoms with van der Waals surface area (Å²) in [6, 6.07) is 11.5. The fourth-order valence-electron chi connectivity index (χ4n) is 2.66. The Morgan fingerprint density at radius 3 is 2.56 bits per heavy atom. The van der Waals surface area contributed by atoms with Crippen LogP contribution >= 0.6 is 24.0 Å². The van der Waals surface area contributed by atoms with E-state index in [-0.39, 0.29) is 24.0 Å². The quantitative estimate of drug-likeness (QED) is 0.310. The third-order valence-corrected chi connectivity index (χ3v) is 5.59. The van der Waals surface area contributed by atoms with Gasteiger partial charge in [-0.15, -0.1) is 24.0 Å². The molecule has 1 unspecified atom stereocenters. The minimum atomic E-state index is -1.02. The zero-order valence-corrected chi connectivity index (χ0v) is 19.3. The van der Waals surface area contributed by atoms with Crippen LogP contribution in [0, 0.1) is 0 Å². The second-order valence-electron chi connectivity index (χ2n) is 5.95. The second kappa shape index (κ2) is 12.9. The predicted molar refractivity (Wildman–Crippen MR) is 121 cm³/mol. The van der Waals surface area contributed by atoms with E-state index < -0.39 is 10.8 Å². The summed E-state index contributed by atoms with van der Waals surface area (Å²) in [7, 11) is 0.688. The van der Waals surface area contributed by atoms with Gasteiger partial charge in [0.05, 0.1) is 23.0 Å². The number of halogens is 1. The highest BCUT2D eigenvalue weighted by atomic mass is 127. The SMILES string of the molecule is CCC(CC)c1cc(CNC(=NC)NCCS(=O)c2ccccc2)on1.I. The second-order valence-corrected chi connectivity index (χ2v) is 7.52. The van der Waals surface area contributed by atoms with Crippen LogP contribution in [0.4, 0.5) is 0 Å². The molecule has 27 heavy (non-hydrogen) atoms. The van der Waals surface area contributed by atoms with Crippen LogP contribution in [-0.4, -0.2) is 34.7 Å². The molecule has 0 aliphatic rings. The van der Waals surface area contributed by atoms with Gasteiger partial charge in [-0.2, -0.15) is 0 Å². The maximum atomic E-state index is 12.2. The smallest absolute Gasteiger partial charge is 0.191 e. The first-order valence-corrected chi connectivity index (χ1v) is 10.3. The Labute approximate surface area is 181 Å². The molecule has 0 fully saturated rings. The molecule has 0 saturated carbocycles. The molecule has 0 bridgehead atoms. The molecule has 0 radical (unpaired) electrons. The molecule has 6 nitrogen and oxygen atoms in total. The van der Waals surface area contributed by atoms with E-state index in [1.165, 1.54) is 0 Å². The molecule has 2 N–H and O–H groups in total. The molecule has 0 spiro atoms. The van der Waals surface area contributed by atoms with Crippen LogP contribution in [0.1, 0.15) is 44.1 Å². The van der Waals surface area contributed by atoms with Crippen LogP contribution in [0.3, 0.4) is 0 Å². The van der Waals surface area contributed by atoms with Gasteiger partial charge in [-0.25, -0.2) is 0 Å². The lowest BCUT2D eigenvalue weighted by atomic mass is 9.99. The number of hydrogen-bond acceptors (Lipinski definition) is 4. The molecule has 150 valence electrons. The minimum Gasteiger partial charge on any atom is -0.359 e. The van der Waals surface area contributed by atoms with Crippen LogP contribution in [0.25, 0.3) is 0 Å². The topological polar surface area (TPSA) is 79.5 Å². The van der Waals surface area contributed by atoms with E-state index in [1.807, 2.05) is 36.4 Å². The van der Waals surface area contributed by atoms with E-state index in [0.29, 0.717) is 30.7 Å². The van der Waals surface area contributed by atoms with Crippen LogP contribution in [0.5, 0.6) is 0 Å². The lowest BCUT2D eigenvalue weighted by Gasteiger charge is -2.10. The molecule has 0 aliphatic heterocycles. The van der Waals surface area contributed by atoms with E-state index in [9.17, 15) is 4.21 Å². The van der Waals surface area contributed by atoms with Crippen LogP contribution < -0.4 is 10.6 Å². The highest BCUT2D eigenvalue weighted by Crippen LogP contribution is 2.22. The van der Waals surface area contributed by atoms with Crippen molar-refractivity contribution in [3.8, 4) is 0 Å². The first kappa shape index (κ1) is 23.6. The number of rotatable bonds is 9. The molecule has 1 heterocycles. The third kappa shape index (κ3) is 7.61. The molecule has 2 aromatic rings. The number of aromatic nitrogens is 1. The summed E-state index contributed by atoms with van der Waals surface area (Å²) in [5, 5.41) is 10.5. The summed E-state index contributed by atoms with van der Waals surface area (Å²) < 4.78 is 17.6. The van der Waals surface area contributed by atoms with Crippen LogP contribution in [-0.2, 0) is 17.3 Å². The maximum absolute atomic E-state index is 12.2. The fraction of sp³-hybridized carbons (Fsp3) is 0.474. The van der Waals surface area contributed by atoms with Gasteiger partial charge in [0.25, 0.3) is 0 Å². The molecule has 0 saturated heterocycles. The number of nitrogens with zero attached hydrogens (tertiary/aromatic N) is 2. The van der Waals surface area contributed by atoms with Crippen molar-refractivity contribution in [1.82, 2.24) is 15.8 Å². The number of aliphatic imine (C=N–C) groups is 1. The lowest BCUT2D eigenvalue weighted by molar-refractivity contribution is 0.368. The molecule has 0 amide bonds. The van der Waals surface area contributed by atoms with Crippen molar-refractivity contribution in [2.45, 2.75) is 44.0 Å².